The number of amides is 2. The van der Waals surface area contributed by atoms with E-state index >= 15 is 0 Å². The second-order valence-electron chi connectivity index (χ2n) is 8.00. The zero-order chi connectivity index (χ0) is 20.4. The van der Waals surface area contributed by atoms with Crippen LogP contribution in [0, 0.1) is 6.92 Å². The number of rotatable bonds is 5. The Morgan fingerprint density at radius 2 is 1.93 bits per heavy atom. The molecule has 4 rings (SSSR count). The Bertz CT molecular complexity index is 938. The maximum atomic E-state index is 12.7. The van der Waals surface area contributed by atoms with E-state index in [-0.39, 0.29) is 11.8 Å². The van der Waals surface area contributed by atoms with Gasteiger partial charge in [0.05, 0.1) is 0 Å². The molecular weight excluding hydrogens is 364 g/mol. The number of nitrogens with one attached hydrogen (secondary N) is 1. The first-order valence-corrected chi connectivity index (χ1v) is 10.5. The van der Waals surface area contributed by atoms with E-state index < -0.39 is 6.10 Å². The fourth-order valence-corrected chi connectivity index (χ4v) is 4.28. The van der Waals surface area contributed by atoms with Gasteiger partial charge in [0.25, 0.3) is 5.91 Å². The van der Waals surface area contributed by atoms with E-state index in [9.17, 15) is 9.59 Å². The van der Waals surface area contributed by atoms with Gasteiger partial charge in [0.2, 0.25) is 5.91 Å². The van der Waals surface area contributed by atoms with Gasteiger partial charge in [0.15, 0.2) is 6.10 Å². The van der Waals surface area contributed by atoms with Gasteiger partial charge in [-0.25, -0.2) is 0 Å². The van der Waals surface area contributed by atoms with Gasteiger partial charge >= 0.3 is 0 Å². The van der Waals surface area contributed by atoms with Crippen molar-refractivity contribution >= 4 is 23.2 Å². The van der Waals surface area contributed by atoms with Gasteiger partial charge in [0.1, 0.15) is 5.75 Å². The van der Waals surface area contributed by atoms with Crippen molar-refractivity contribution in [2.24, 2.45) is 0 Å². The van der Waals surface area contributed by atoms with E-state index in [1.54, 1.807) is 6.92 Å². The van der Waals surface area contributed by atoms with Crippen LogP contribution in [0.1, 0.15) is 49.3 Å². The van der Waals surface area contributed by atoms with E-state index in [4.69, 9.17) is 4.74 Å². The van der Waals surface area contributed by atoms with Crippen LogP contribution in [-0.2, 0) is 22.4 Å². The molecule has 0 saturated carbocycles. The number of benzene rings is 2. The zero-order valence-electron chi connectivity index (χ0n) is 17.2. The van der Waals surface area contributed by atoms with E-state index in [2.05, 4.69) is 11.4 Å². The van der Waals surface area contributed by atoms with Gasteiger partial charge < -0.3 is 15.0 Å². The van der Waals surface area contributed by atoms with Crippen molar-refractivity contribution in [3.8, 4) is 5.75 Å². The Morgan fingerprint density at radius 3 is 2.69 bits per heavy atom. The summed E-state index contributed by atoms with van der Waals surface area (Å²) in [6.45, 7) is 4.51. The zero-order valence-corrected chi connectivity index (χ0v) is 17.2. The standard InChI is InChI=1S/C24H28N2O3/c1-16-15-19(12-13-21(16)26-14-6-11-23(26)27)25-24(28)17(2)29-22-10-5-8-18-7-3-4-9-20(18)22/h5,8,10,12-13,15,17H,3-4,6-7,9,11,14H2,1-2H3,(H,25,28)/t17-/m1/s1. The second kappa shape index (κ2) is 8.27. The number of hydrogen-bond acceptors (Lipinski definition) is 3. The van der Waals surface area contributed by atoms with Gasteiger partial charge in [-0.2, -0.15) is 0 Å². The predicted molar refractivity (Wildman–Crippen MR) is 115 cm³/mol. The Labute approximate surface area is 172 Å². The average Bonchev–Trinajstić information content (AvgIpc) is 3.14. The highest BCUT2D eigenvalue weighted by molar-refractivity contribution is 5.97. The first kappa shape index (κ1) is 19.5. The normalized spacial score (nSPS) is 17.0. The van der Waals surface area contributed by atoms with E-state index in [0.717, 1.165) is 42.8 Å². The molecule has 0 unspecified atom stereocenters. The van der Waals surface area contributed by atoms with Crippen molar-refractivity contribution in [1.82, 2.24) is 0 Å². The molecule has 152 valence electrons. The quantitative estimate of drug-likeness (QED) is 0.820. The third-order valence-corrected chi connectivity index (χ3v) is 5.85. The number of nitrogens with zero attached hydrogens (tertiary/aromatic N) is 1. The van der Waals surface area contributed by atoms with E-state index in [1.807, 2.05) is 42.2 Å². The molecule has 1 saturated heterocycles. The van der Waals surface area contributed by atoms with Crippen LogP contribution < -0.4 is 15.0 Å². The summed E-state index contributed by atoms with van der Waals surface area (Å²) in [5, 5.41) is 2.94. The van der Waals surface area contributed by atoms with Crippen LogP contribution in [0.25, 0.3) is 0 Å². The lowest BCUT2D eigenvalue weighted by molar-refractivity contribution is -0.122. The van der Waals surface area contributed by atoms with Crippen LogP contribution in [-0.4, -0.2) is 24.5 Å². The highest BCUT2D eigenvalue weighted by Gasteiger charge is 2.24. The number of hydrogen-bond donors (Lipinski definition) is 1. The highest BCUT2D eigenvalue weighted by atomic mass is 16.5. The molecule has 0 radical (unpaired) electrons. The molecule has 2 amide bonds. The molecule has 1 aliphatic heterocycles. The molecular formula is C24H28N2O3. The largest absolute Gasteiger partial charge is 0.481 e. The van der Waals surface area contributed by atoms with Crippen molar-refractivity contribution in [2.75, 3.05) is 16.8 Å². The summed E-state index contributed by atoms with van der Waals surface area (Å²) in [5.41, 5.74) is 5.20. The third-order valence-electron chi connectivity index (χ3n) is 5.85. The molecule has 2 aliphatic rings. The van der Waals surface area contributed by atoms with Crippen LogP contribution in [0.4, 0.5) is 11.4 Å². The molecule has 0 bridgehead atoms. The molecule has 1 fully saturated rings. The predicted octanol–water partition coefficient (Wildman–Crippen LogP) is 4.41. The van der Waals surface area contributed by atoms with Gasteiger partial charge in [-0.15, -0.1) is 0 Å². The topological polar surface area (TPSA) is 58.6 Å². The summed E-state index contributed by atoms with van der Waals surface area (Å²) in [6.07, 6.45) is 5.38. The van der Waals surface area contributed by atoms with Crippen molar-refractivity contribution in [3.63, 3.8) is 0 Å². The second-order valence-corrected chi connectivity index (χ2v) is 8.00. The van der Waals surface area contributed by atoms with Gasteiger partial charge in [-0.05, 0) is 86.9 Å². The monoisotopic (exact) mass is 392 g/mol. The summed E-state index contributed by atoms with van der Waals surface area (Å²) in [5.74, 6) is 0.810. The SMILES string of the molecule is Cc1cc(NC(=O)[C@@H](C)Oc2cccc3c2CCCC3)ccc1N1CCCC1=O. The molecule has 29 heavy (non-hydrogen) atoms. The summed E-state index contributed by atoms with van der Waals surface area (Å²) < 4.78 is 6.03. The summed E-state index contributed by atoms with van der Waals surface area (Å²) in [4.78, 5) is 26.5. The number of fused-ring (bicyclic) bond motifs is 1. The van der Waals surface area contributed by atoms with Gasteiger partial charge in [-0.1, -0.05) is 12.1 Å². The van der Waals surface area contributed by atoms with Gasteiger partial charge in [-0.3, -0.25) is 9.59 Å². The van der Waals surface area contributed by atoms with Crippen molar-refractivity contribution in [2.45, 2.75) is 58.5 Å². The number of carbonyl (C=O) groups excluding carboxylic acids is 2. The lowest BCUT2D eigenvalue weighted by atomic mass is 9.91. The minimum Gasteiger partial charge on any atom is -0.481 e. The smallest absolute Gasteiger partial charge is 0.265 e. The minimum absolute atomic E-state index is 0.165. The van der Waals surface area contributed by atoms with Crippen LogP contribution in [0.15, 0.2) is 36.4 Å². The van der Waals surface area contributed by atoms with Crippen LogP contribution in [0.3, 0.4) is 0 Å². The van der Waals surface area contributed by atoms with E-state index in [1.165, 1.54) is 24.0 Å². The van der Waals surface area contributed by atoms with Gasteiger partial charge in [0, 0.05) is 24.3 Å². The van der Waals surface area contributed by atoms with Crippen LogP contribution in [0.2, 0.25) is 0 Å². The molecule has 0 aromatic heterocycles. The van der Waals surface area contributed by atoms with Crippen molar-refractivity contribution in [3.05, 3.63) is 53.1 Å². The first-order valence-electron chi connectivity index (χ1n) is 10.5. The number of aryl methyl sites for hydroxylation is 2. The Kier molecular flexibility index (Phi) is 5.56. The molecule has 5 nitrogen and oxygen atoms in total. The third kappa shape index (κ3) is 4.14. The molecule has 5 heteroatoms. The molecule has 2 aromatic rings. The Hall–Kier alpha value is -2.82. The number of carbonyl (C=O) groups is 2. The molecule has 1 atom stereocenters. The molecule has 1 aliphatic carbocycles. The maximum absolute atomic E-state index is 12.7. The number of ether oxygens (including phenoxy) is 1. The Morgan fingerprint density at radius 1 is 1.10 bits per heavy atom. The fourth-order valence-electron chi connectivity index (χ4n) is 4.28. The maximum Gasteiger partial charge on any atom is 0.265 e. The molecule has 1 heterocycles. The lowest BCUT2D eigenvalue weighted by Gasteiger charge is -2.22. The van der Waals surface area contributed by atoms with Crippen molar-refractivity contribution < 1.29 is 14.3 Å². The molecule has 0 spiro atoms. The number of anilines is 2. The molecule has 2 aromatic carbocycles. The average molecular weight is 392 g/mol. The fraction of sp³-hybridized carbons (Fsp3) is 0.417. The minimum atomic E-state index is -0.594. The summed E-state index contributed by atoms with van der Waals surface area (Å²) in [6, 6.07) is 11.8. The molecule has 1 N–H and O–H groups in total. The summed E-state index contributed by atoms with van der Waals surface area (Å²) >= 11 is 0. The van der Waals surface area contributed by atoms with Crippen molar-refractivity contribution in [1.29, 1.82) is 0 Å². The summed E-state index contributed by atoms with van der Waals surface area (Å²) in [7, 11) is 0. The highest BCUT2D eigenvalue weighted by Crippen LogP contribution is 2.31. The van der Waals surface area contributed by atoms with Crippen LogP contribution >= 0.6 is 0 Å². The lowest BCUT2D eigenvalue weighted by Crippen LogP contribution is -2.30. The Balaban J connectivity index is 1.43. The van der Waals surface area contributed by atoms with E-state index in [0.29, 0.717) is 12.1 Å². The first-order chi connectivity index (χ1) is 14.0. The van der Waals surface area contributed by atoms with Crippen LogP contribution in [0.5, 0.6) is 5.75 Å².